The monoisotopic (exact) mass is 558 g/mol. The van der Waals surface area contributed by atoms with Crippen LogP contribution >= 0.6 is 0 Å². The zero-order chi connectivity index (χ0) is 27.8. The molecule has 0 saturated carbocycles. The van der Waals surface area contributed by atoms with Gasteiger partial charge in [0.05, 0.1) is 23.3 Å². The summed E-state index contributed by atoms with van der Waals surface area (Å²) < 4.78 is 107. The first-order chi connectivity index (χ1) is 17.8. The lowest BCUT2D eigenvalue weighted by Crippen LogP contribution is -2.48. The number of carbonyl (C=O) groups excluding carboxylic acids is 1. The van der Waals surface area contributed by atoms with E-state index >= 15 is 0 Å². The standard InChI is InChI=1S/C24H20F6N4O3S/c1-13-2-7-21(34(13)38(36,37)17-5-3-15(25)4-6-17)23(35)33-11-16-9-18(20(27)12-31-16)14-8-19(26)22(32-10-14)24(28,29)30/h3-6,8-10,12-13,21H,2,7,11H2,1H3,(H,33,35)/t13-,21-/m0/s1. The number of nitrogens with one attached hydrogen (secondary N) is 1. The third kappa shape index (κ3) is 5.50. The molecule has 38 heavy (non-hydrogen) atoms. The van der Waals surface area contributed by atoms with Crippen molar-refractivity contribution in [2.24, 2.45) is 0 Å². The molecule has 0 spiro atoms. The van der Waals surface area contributed by atoms with Gasteiger partial charge < -0.3 is 5.32 Å². The first kappa shape index (κ1) is 27.5. The van der Waals surface area contributed by atoms with E-state index in [9.17, 15) is 39.6 Å². The van der Waals surface area contributed by atoms with Crippen LogP contribution in [0.1, 0.15) is 31.2 Å². The number of sulfonamides is 1. The molecule has 3 heterocycles. The SMILES string of the molecule is C[C@H]1CC[C@@H](C(=O)NCc2cc(-c3cnc(C(F)(F)F)c(F)c3)c(F)cn2)N1S(=O)(=O)c1ccc(F)cc1. The Kier molecular flexibility index (Phi) is 7.48. The molecule has 0 unspecified atom stereocenters. The number of rotatable bonds is 6. The minimum absolute atomic E-state index is 0.0778. The molecule has 1 saturated heterocycles. The molecule has 2 atom stereocenters. The van der Waals surface area contributed by atoms with E-state index in [-0.39, 0.29) is 34.7 Å². The minimum Gasteiger partial charge on any atom is -0.349 e. The summed E-state index contributed by atoms with van der Waals surface area (Å²) >= 11 is 0. The number of pyridine rings is 2. The van der Waals surface area contributed by atoms with Gasteiger partial charge in [0.1, 0.15) is 17.7 Å². The van der Waals surface area contributed by atoms with Gasteiger partial charge >= 0.3 is 6.18 Å². The summed E-state index contributed by atoms with van der Waals surface area (Å²) in [5, 5.41) is 2.53. The maximum atomic E-state index is 14.4. The van der Waals surface area contributed by atoms with Crippen LogP contribution in [0.15, 0.2) is 53.7 Å². The second-order valence-corrected chi connectivity index (χ2v) is 10.5. The van der Waals surface area contributed by atoms with Crippen molar-refractivity contribution in [3.8, 4) is 11.1 Å². The fourth-order valence-electron chi connectivity index (χ4n) is 4.23. The van der Waals surface area contributed by atoms with Gasteiger partial charge in [0.25, 0.3) is 0 Å². The van der Waals surface area contributed by atoms with Gasteiger partial charge in [0.2, 0.25) is 15.9 Å². The molecule has 7 nitrogen and oxygen atoms in total. The van der Waals surface area contributed by atoms with Crippen LogP contribution in [0, 0.1) is 17.5 Å². The van der Waals surface area contributed by atoms with Crippen LogP contribution in [-0.4, -0.2) is 40.7 Å². The average Bonchev–Trinajstić information content (AvgIpc) is 3.25. The quantitative estimate of drug-likeness (QED) is 0.452. The Morgan fingerprint density at radius 1 is 1.03 bits per heavy atom. The third-order valence-electron chi connectivity index (χ3n) is 6.07. The fourth-order valence-corrected chi connectivity index (χ4v) is 6.07. The van der Waals surface area contributed by atoms with Crippen LogP contribution in [0.3, 0.4) is 0 Å². The van der Waals surface area contributed by atoms with Crippen LogP contribution < -0.4 is 5.32 Å². The van der Waals surface area contributed by atoms with Gasteiger partial charge in [-0.3, -0.25) is 9.78 Å². The van der Waals surface area contributed by atoms with Crippen LogP contribution in [0.2, 0.25) is 0 Å². The van der Waals surface area contributed by atoms with Crippen LogP contribution in [-0.2, 0) is 27.5 Å². The van der Waals surface area contributed by atoms with Crippen molar-refractivity contribution in [2.75, 3.05) is 0 Å². The van der Waals surface area contributed by atoms with E-state index in [4.69, 9.17) is 0 Å². The normalized spacial score (nSPS) is 18.5. The maximum absolute atomic E-state index is 14.4. The number of carbonyl (C=O) groups is 1. The van der Waals surface area contributed by atoms with Crippen LogP contribution in [0.4, 0.5) is 26.3 Å². The third-order valence-corrected chi connectivity index (χ3v) is 8.10. The van der Waals surface area contributed by atoms with Gasteiger partial charge in [-0.05, 0) is 56.2 Å². The Hall–Kier alpha value is -3.52. The Morgan fingerprint density at radius 3 is 2.34 bits per heavy atom. The highest BCUT2D eigenvalue weighted by atomic mass is 32.2. The van der Waals surface area contributed by atoms with Gasteiger partial charge in [0, 0.05) is 23.4 Å². The van der Waals surface area contributed by atoms with Crippen LogP contribution in [0.5, 0.6) is 0 Å². The number of hydrogen-bond donors (Lipinski definition) is 1. The van der Waals surface area contributed by atoms with Gasteiger partial charge in [-0.1, -0.05) is 0 Å². The molecule has 1 amide bonds. The summed E-state index contributed by atoms with van der Waals surface area (Å²) in [5.41, 5.74) is -2.23. The summed E-state index contributed by atoms with van der Waals surface area (Å²) in [6.45, 7) is 1.36. The lowest BCUT2D eigenvalue weighted by molar-refractivity contribution is -0.143. The maximum Gasteiger partial charge on any atom is 0.436 e. The van der Waals surface area contributed by atoms with Crippen LogP contribution in [0.25, 0.3) is 11.1 Å². The van der Waals surface area contributed by atoms with Crippen molar-refractivity contribution in [3.05, 3.63) is 77.6 Å². The molecule has 202 valence electrons. The van der Waals surface area contributed by atoms with Crippen molar-refractivity contribution >= 4 is 15.9 Å². The predicted octanol–water partition coefficient (Wildman–Crippen LogP) is 4.44. The number of halogens is 6. The van der Waals surface area contributed by atoms with Gasteiger partial charge in [-0.15, -0.1) is 0 Å². The number of benzene rings is 1. The molecule has 0 bridgehead atoms. The largest absolute Gasteiger partial charge is 0.436 e. The summed E-state index contributed by atoms with van der Waals surface area (Å²) in [5.74, 6) is -3.91. The molecule has 1 fully saturated rings. The number of hydrogen-bond acceptors (Lipinski definition) is 5. The highest BCUT2D eigenvalue weighted by Crippen LogP contribution is 2.33. The number of alkyl halides is 3. The minimum atomic E-state index is -5.02. The number of aromatic nitrogens is 2. The molecule has 3 aromatic rings. The van der Waals surface area contributed by atoms with E-state index in [0.717, 1.165) is 40.8 Å². The first-order valence-corrected chi connectivity index (χ1v) is 12.7. The number of amides is 1. The number of nitrogens with zero attached hydrogens (tertiary/aromatic N) is 3. The lowest BCUT2D eigenvalue weighted by Gasteiger charge is -2.27. The zero-order valence-corrected chi connectivity index (χ0v) is 20.5. The molecule has 2 aromatic heterocycles. The molecule has 1 aliphatic heterocycles. The molecular weight excluding hydrogens is 538 g/mol. The highest BCUT2D eigenvalue weighted by Gasteiger charge is 2.43. The molecule has 14 heteroatoms. The molecule has 0 aliphatic carbocycles. The van der Waals surface area contributed by atoms with Crippen molar-refractivity contribution in [1.29, 1.82) is 0 Å². The Balaban J connectivity index is 1.52. The Labute approximate surface area is 213 Å². The topological polar surface area (TPSA) is 92.3 Å². The van der Waals surface area contributed by atoms with Crippen molar-refractivity contribution in [3.63, 3.8) is 0 Å². The van der Waals surface area contributed by atoms with Gasteiger partial charge in [-0.25, -0.2) is 26.6 Å². The molecule has 4 rings (SSSR count). The second-order valence-electron chi connectivity index (χ2n) is 8.66. The van der Waals surface area contributed by atoms with Crippen molar-refractivity contribution < 1.29 is 39.6 Å². The van der Waals surface area contributed by atoms with Gasteiger partial charge in [-0.2, -0.15) is 17.5 Å². The lowest BCUT2D eigenvalue weighted by atomic mass is 10.1. The van der Waals surface area contributed by atoms with E-state index in [2.05, 4.69) is 15.3 Å². The molecule has 1 aliphatic rings. The van der Waals surface area contributed by atoms with E-state index in [0.29, 0.717) is 18.7 Å². The highest BCUT2D eigenvalue weighted by molar-refractivity contribution is 7.89. The van der Waals surface area contributed by atoms with E-state index in [1.807, 2.05) is 0 Å². The molecule has 0 radical (unpaired) electrons. The molecule has 1 aromatic carbocycles. The fraction of sp³-hybridized carbons (Fsp3) is 0.292. The smallest absolute Gasteiger partial charge is 0.349 e. The molecule has 1 N–H and O–H groups in total. The summed E-state index contributed by atoms with van der Waals surface area (Å²) in [7, 11) is -4.13. The second kappa shape index (κ2) is 10.3. The van der Waals surface area contributed by atoms with E-state index in [1.54, 1.807) is 6.92 Å². The Morgan fingerprint density at radius 2 is 1.71 bits per heavy atom. The summed E-state index contributed by atoms with van der Waals surface area (Å²) in [6, 6.07) is 4.22. The molecular formula is C24H20F6N4O3S. The van der Waals surface area contributed by atoms with Crippen molar-refractivity contribution in [1.82, 2.24) is 19.6 Å². The summed E-state index contributed by atoms with van der Waals surface area (Å²) in [4.78, 5) is 19.7. The summed E-state index contributed by atoms with van der Waals surface area (Å²) in [6.07, 6.45) is -2.99. The van der Waals surface area contributed by atoms with E-state index < -0.39 is 57.3 Å². The first-order valence-electron chi connectivity index (χ1n) is 11.2. The predicted molar refractivity (Wildman–Crippen MR) is 122 cm³/mol. The average molecular weight is 559 g/mol. The Bertz CT molecular complexity index is 1460. The van der Waals surface area contributed by atoms with Gasteiger partial charge in [0.15, 0.2) is 11.5 Å². The zero-order valence-electron chi connectivity index (χ0n) is 19.6. The van der Waals surface area contributed by atoms with E-state index in [1.165, 1.54) is 0 Å². The van der Waals surface area contributed by atoms with Crippen molar-refractivity contribution in [2.45, 2.75) is 49.5 Å².